The largest absolute Gasteiger partial charge is 0.228 e. The van der Waals surface area contributed by atoms with Gasteiger partial charge in [-0.25, -0.2) is 8.83 Å². The summed E-state index contributed by atoms with van der Waals surface area (Å²) < 4.78 is 4.39. The summed E-state index contributed by atoms with van der Waals surface area (Å²) in [7, 11) is 0. The van der Waals surface area contributed by atoms with Crippen molar-refractivity contribution in [2.45, 2.75) is 0 Å². The smallest absolute Gasteiger partial charge is 0.0499 e. The Kier molecular flexibility index (Phi) is 1.86. The zero-order valence-corrected chi connectivity index (χ0v) is 6.52. The first kappa shape index (κ1) is 6.47. The third kappa shape index (κ3) is 1.02. The van der Waals surface area contributed by atoms with Crippen LogP contribution in [0.5, 0.6) is 0 Å². The second-order valence-electron chi connectivity index (χ2n) is 1.21. The summed E-state index contributed by atoms with van der Waals surface area (Å²) in [5.74, 6) is 0. The maximum Gasteiger partial charge on any atom is 0.0499 e. The van der Waals surface area contributed by atoms with E-state index in [9.17, 15) is 0 Å². The number of nitrogens with zero attached hydrogens (tertiary/aromatic N) is 3. The minimum atomic E-state index is 1.42. The van der Waals surface area contributed by atoms with Crippen molar-refractivity contribution in [3.63, 3.8) is 0 Å². The Bertz CT molecular complexity index is 103. The lowest BCUT2D eigenvalue weighted by Crippen LogP contribution is -2.25. The topological polar surface area (TPSA) is 9.72 Å². The quantitative estimate of drug-likeness (QED) is 0.460. The molecule has 3 nitrogen and oxygen atoms in total. The number of rotatable bonds is 0. The van der Waals surface area contributed by atoms with E-state index >= 15 is 0 Å². The molecular formula is C2H5N3S3. The molecule has 0 aromatic carbocycles. The van der Waals surface area contributed by atoms with Gasteiger partial charge in [0, 0.05) is 12.4 Å². The molecular weight excluding hydrogens is 162 g/mol. The van der Waals surface area contributed by atoms with E-state index in [0.717, 1.165) is 0 Å². The molecule has 0 saturated heterocycles. The van der Waals surface area contributed by atoms with Crippen molar-refractivity contribution in [2.24, 2.45) is 0 Å². The van der Waals surface area contributed by atoms with Crippen molar-refractivity contribution in [3.05, 3.63) is 12.4 Å². The highest BCUT2D eigenvalue weighted by atomic mass is 32.1. The molecule has 1 heterocycles. The zero-order chi connectivity index (χ0) is 6.15. The predicted octanol–water partition coefficient (Wildman–Crippen LogP) is 0.742. The van der Waals surface area contributed by atoms with Crippen molar-refractivity contribution in [2.75, 3.05) is 0 Å². The van der Waals surface area contributed by atoms with Gasteiger partial charge in [-0.15, -0.1) is 0 Å². The van der Waals surface area contributed by atoms with Crippen LogP contribution in [0.2, 0.25) is 0 Å². The summed E-state index contributed by atoms with van der Waals surface area (Å²) >= 11 is 11.9. The molecule has 0 amide bonds. The van der Waals surface area contributed by atoms with Crippen LogP contribution >= 0.6 is 38.4 Å². The lowest BCUT2D eigenvalue weighted by molar-refractivity contribution is 0.162. The van der Waals surface area contributed by atoms with Gasteiger partial charge in [0.05, 0.1) is 0 Å². The molecule has 0 fully saturated rings. The molecule has 0 radical (unpaired) electrons. The van der Waals surface area contributed by atoms with Crippen LogP contribution in [-0.4, -0.2) is 13.4 Å². The van der Waals surface area contributed by atoms with Gasteiger partial charge in [0.15, 0.2) is 0 Å². The Balaban J connectivity index is 2.55. The molecule has 0 aliphatic carbocycles. The lowest BCUT2D eigenvalue weighted by atomic mass is 11.0. The molecule has 0 spiro atoms. The van der Waals surface area contributed by atoms with Crippen LogP contribution in [0.4, 0.5) is 0 Å². The van der Waals surface area contributed by atoms with Gasteiger partial charge in [-0.1, -0.05) is 4.52 Å². The monoisotopic (exact) mass is 167 g/mol. The normalized spacial score (nSPS) is 20.9. The van der Waals surface area contributed by atoms with Crippen molar-refractivity contribution in [1.29, 1.82) is 0 Å². The van der Waals surface area contributed by atoms with Crippen LogP contribution in [0.3, 0.4) is 0 Å². The highest BCUT2D eigenvalue weighted by Gasteiger charge is 2.13. The van der Waals surface area contributed by atoms with E-state index < -0.39 is 0 Å². The average molecular weight is 167 g/mol. The fraction of sp³-hybridized carbons (Fsp3) is 0. The molecule has 0 aromatic heterocycles. The SMILES string of the molecule is SN1C=CN(S)N1S. The summed E-state index contributed by atoms with van der Waals surface area (Å²) in [4.78, 5) is 0. The maximum absolute atomic E-state index is 3.95. The molecule has 0 unspecified atom stereocenters. The van der Waals surface area contributed by atoms with E-state index in [0.29, 0.717) is 0 Å². The molecule has 0 atom stereocenters. The van der Waals surface area contributed by atoms with E-state index in [4.69, 9.17) is 0 Å². The molecule has 0 bridgehead atoms. The molecule has 1 rings (SSSR count). The van der Waals surface area contributed by atoms with Gasteiger partial charge in [-0.2, -0.15) is 0 Å². The van der Waals surface area contributed by atoms with Crippen molar-refractivity contribution in [1.82, 2.24) is 13.4 Å². The van der Waals surface area contributed by atoms with Gasteiger partial charge in [0.1, 0.15) is 0 Å². The van der Waals surface area contributed by atoms with Crippen LogP contribution in [0.25, 0.3) is 0 Å². The average Bonchev–Trinajstić information content (AvgIpc) is 1.98. The molecule has 1 aliphatic rings. The van der Waals surface area contributed by atoms with Gasteiger partial charge in [0.25, 0.3) is 0 Å². The lowest BCUT2D eigenvalue weighted by Gasteiger charge is -2.21. The molecule has 46 valence electrons. The van der Waals surface area contributed by atoms with E-state index in [2.05, 4.69) is 38.4 Å². The highest BCUT2D eigenvalue weighted by molar-refractivity contribution is 7.82. The summed E-state index contributed by atoms with van der Waals surface area (Å²) in [5.41, 5.74) is 0. The van der Waals surface area contributed by atoms with Crippen molar-refractivity contribution >= 4 is 38.4 Å². The van der Waals surface area contributed by atoms with Gasteiger partial charge >= 0.3 is 0 Å². The van der Waals surface area contributed by atoms with Gasteiger partial charge in [-0.3, -0.25) is 0 Å². The van der Waals surface area contributed by atoms with Crippen LogP contribution in [0, 0.1) is 0 Å². The third-order valence-corrected chi connectivity index (χ3v) is 1.97. The fourth-order valence-electron chi connectivity index (χ4n) is 0.332. The molecule has 0 aromatic rings. The van der Waals surface area contributed by atoms with E-state index in [1.807, 2.05) is 0 Å². The summed E-state index contributed by atoms with van der Waals surface area (Å²) in [6, 6.07) is 0. The first-order valence-electron chi connectivity index (χ1n) is 1.85. The summed E-state index contributed by atoms with van der Waals surface area (Å²) in [6.45, 7) is 0. The van der Waals surface area contributed by atoms with Crippen LogP contribution in [-0.2, 0) is 0 Å². The summed E-state index contributed by atoms with van der Waals surface area (Å²) in [6.07, 6.45) is 3.42. The Labute approximate surface area is 64.5 Å². The number of hydrogen-bond acceptors (Lipinski definition) is 6. The predicted molar refractivity (Wildman–Crippen MR) is 41.6 cm³/mol. The van der Waals surface area contributed by atoms with E-state index in [1.165, 1.54) is 13.4 Å². The second kappa shape index (κ2) is 2.30. The Morgan fingerprint density at radius 3 is 1.38 bits per heavy atom. The fourth-order valence-corrected chi connectivity index (χ4v) is 0.806. The van der Waals surface area contributed by atoms with Crippen molar-refractivity contribution in [3.8, 4) is 0 Å². The van der Waals surface area contributed by atoms with Crippen LogP contribution in [0.15, 0.2) is 12.4 Å². The Hall–Kier alpha value is 0.350. The highest BCUT2D eigenvalue weighted by Crippen LogP contribution is 2.18. The first-order valence-corrected chi connectivity index (χ1v) is 3.05. The Morgan fingerprint density at radius 1 is 0.875 bits per heavy atom. The minimum Gasteiger partial charge on any atom is -0.228 e. The molecule has 8 heavy (non-hydrogen) atoms. The first-order chi connectivity index (χ1) is 3.72. The maximum atomic E-state index is 3.95. The molecule has 6 heteroatoms. The molecule has 0 saturated carbocycles. The number of thiol groups is 3. The molecule has 1 aliphatic heterocycles. The minimum absolute atomic E-state index is 1.42. The third-order valence-electron chi connectivity index (χ3n) is 0.700. The van der Waals surface area contributed by atoms with E-state index in [-0.39, 0.29) is 0 Å². The van der Waals surface area contributed by atoms with Gasteiger partial charge < -0.3 is 0 Å². The number of hydrogen-bond donors (Lipinski definition) is 3. The zero-order valence-electron chi connectivity index (χ0n) is 3.84. The number of hydrazine groups is 2. The van der Waals surface area contributed by atoms with E-state index in [1.54, 1.807) is 12.4 Å². The van der Waals surface area contributed by atoms with Crippen LogP contribution in [0.1, 0.15) is 0 Å². The summed E-state index contributed by atoms with van der Waals surface area (Å²) in [5, 5.41) is 0. The molecule has 0 N–H and O–H groups in total. The Morgan fingerprint density at radius 2 is 1.25 bits per heavy atom. The van der Waals surface area contributed by atoms with Gasteiger partial charge in [0.2, 0.25) is 0 Å². The van der Waals surface area contributed by atoms with Crippen LogP contribution < -0.4 is 0 Å². The standard InChI is InChI=1S/C2H5N3S3/c6-3-1-2-4(7)5(3)8/h1-2,6-8H. The van der Waals surface area contributed by atoms with Gasteiger partial charge in [-0.05, 0) is 38.4 Å². The second-order valence-corrected chi connectivity index (χ2v) is 2.38. The van der Waals surface area contributed by atoms with Crippen molar-refractivity contribution < 1.29 is 0 Å².